The maximum absolute atomic E-state index is 13.2. The SMILES string of the molecule is CC(C)(C)c1ccc2c(c1)N(Cc1nc(C(=O)N3CCN(c4ccccc4Cl)CC3)cs1)C(=O)CO2. The maximum atomic E-state index is 13.2. The summed E-state index contributed by atoms with van der Waals surface area (Å²) in [4.78, 5) is 36.3. The molecule has 0 radical (unpaired) electrons. The first kappa shape index (κ1) is 24.6. The zero-order valence-corrected chi connectivity index (χ0v) is 22.2. The molecule has 0 N–H and O–H groups in total. The van der Waals surface area contributed by atoms with Gasteiger partial charge >= 0.3 is 0 Å². The highest BCUT2D eigenvalue weighted by Crippen LogP contribution is 2.37. The number of benzene rings is 2. The molecule has 3 heterocycles. The number of amides is 2. The number of rotatable bonds is 4. The third kappa shape index (κ3) is 4.92. The van der Waals surface area contributed by atoms with E-state index in [0.29, 0.717) is 44.2 Å². The molecule has 1 aromatic heterocycles. The molecule has 1 fully saturated rings. The van der Waals surface area contributed by atoms with E-state index in [0.717, 1.165) is 27.0 Å². The van der Waals surface area contributed by atoms with E-state index >= 15 is 0 Å². The van der Waals surface area contributed by atoms with E-state index in [1.165, 1.54) is 11.3 Å². The van der Waals surface area contributed by atoms with Crippen LogP contribution < -0.4 is 14.5 Å². The van der Waals surface area contributed by atoms with Crippen LogP contribution in [0.15, 0.2) is 47.8 Å². The molecule has 0 bridgehead atoms. The fourth-order valence-corrected chi connectivity index (χ4v) is 5.49. The number of ether oxygens (including phenoxy) is 1. The van der Waals surface area contributed by atoms with E-state index in [1.54, 1.807) is 10.3 Å². The lowest BCUT2D eigenvalue weighted by molar-refractivity contribution is -0.121. The van der Waals surface area contributed by atoms with E-state index in [1.807, 2.05) is 47.4 Å². The number of anilines is 2. The highest BCUT2D eigenvalue weighted by Gasteiger charge is 2.29. The minimum absolute atomic E-state index is 0.00522. The summed E-state index contributed by atoms with van der Waals surface area (Å²) in [7, 11) is 0. The number of fused-ring (bicyclic) bond motifs is 1. The van der Waals surface area contributed by atoms with Gasteiger partial charge in [0.05, 0.1) is 22.9 Å². The fourth-order valence-electron chi connectivity index (χ4n) is 4.48. The van der Waals surface area contributed by atoms with E-state index < -0.39 is 0 Å². The summed E-state index contributed by atoms with van der Waals surface area (Å²) < 4.78 is 5.66. The van der Waals surface area contributed by atoms with Crippen molar-refractivity contribution in [3.05, 3.63) is 69.1 Å². The van der Waals surface area contributed by atoms with Gasteiger partial charge in [0, 0.05) is 31.6 Å². The van der Waals surface area contributed by atoms with E-state index in [9.17, 15) is 9.59 Å². The van der Waals surface area contributed by atoms with Crippen LogP contribution >= 0.6 is 22.9 Å². The lowest BCUT2D eigenvalue weighted by Gasteiger charge is -2.36. The third-order valence-corrected chi connectivity index (χ3v) is 7.75. The van der Waals surface area contributed by atoms with Gasteiger partial charge < -0.3 is 14.5 Å². The van der Waals surface area contributed by atoms with E-state index in [4.69, 9.17) is 16.3 Å². The van der Waals surface area contributed by atoms with Gasteiger partial charge in [-0.25, -0.2) is 4.98 Å². The highest BCUT2D eigenvalue weighted by molar-refractivity contribution is 7.09. The van der Waals surface area contributed by atoms with Gasteiger partial charge in [0.25, 0.3) is 11.8 Å². The molecule has 2 aliphatic rings. The predicted octanol–water partition coefficient (Wildman–Crippen LogP) is 4.98. The van der Waals surface area contributed by atoms with Crippen molar-refractivity contribution < 1.29 is 14.3 Å². The molecule has 5 rings (SSSR count). The number of thiazole rings is 1. The minimum Gasteiger partial charge on any atom is -0.482 e. The molecule has 36 heavy (non-hydrogen) atoms. The molecule has 3 aromatic rings. The number of aromatic nitrogens is 1. The normalized spacial score (nSPS) is 16.1. The van der Waals surface area contributed by atoms with Gasteiger partial charge in [-0.05, 0) is 35.2 Å². The average Bonchev–Trinajstić information content (AvgIpc) is 3.33. The summed E-state index contributed by atoms with van der Waals surface area (Å²) in [5.41, 5.74) is 3.23. The molecule has 9 heteroatoms. The van der Waals surface area contributed by atoms with Gasteiger partial charge in [0.15, 0.2) is 6.61 Å². The van der Waals surface area contributed by atoms with Crippen molar-refractivity contribution in [2.24, 2.45) is 0 Å². The first-order valence-corrected chi connectivity index (χ1v) is 13.3. The lowest BCUT2D eigenvalue weighted by atomic mass is 9.86. The Kier molecular flexibility index (Phi) is 6.66. The second-order valence-electron chi connectivity index (χ2n) is 10.1. The number of piperazine rings is 1. The minimum atomic E-state index is -0.118. The number of para-hydroxylation sites is 1. The monoisotopic (exact) mass is 524 g/mol. The van der Waals surface area contributed by atoms with Crippen LogP contribution in [0.5, 0.6) is 5.75 Å². The molecule has 1 saturated heterocycles. The number of hydrogen-bond donors (Lipinski definition) is 0. The summed E-state index contributed by atoms with van der Waals surface area (Å²) in [5, 5.41) is 3.22. The molecular weight excluding hydrogens is 496 g/mol. The van der Waals surface area contributed by atoms with E-state index in [2.05, 4.69) is 30.7 Å². The Labute approximate surface area is 220 Å². The molecule has 2 amide bonds. The topological polar surface area (TPSA) is 66.0 Å². The van der Waals surface area contributed by atoms with Crippen LogP contribution in [0.1, 0.15) is 41.8 Å². The molecule has 2 aliphatic heterocycles. The van der Waals surface area contributed by atoms with Crippen LogP contribution in [0.3, 0.4) is 0 Å². The first-order valence-electron chi connectivity index (χ1n) is 12.0. The van der Waals surface area contributed by atoms with Crippen LogP contribution in [0, 0.1) is 0 Å². The molecule has 188 valence electrons. The van der Waals surface area contributed by atoms with Crippen LogP contribution in [0.25, 0.3) is 0 Å². The summed E-state index contributed by atoms with van der Waals surface area (Å²) >= 11 is 7.74. The molecule has 0 aliphatic carbocycles. The zero-order valence-electron chi connectivity index (χ0n) is 20.7. The van der Waals surface area contributed by atoms with Gasteiger partial charge in [-0.2, -0.15) is 0 Å². The van der Waals surface area contributed by atoms with Crippen LogP contribution in [-0.2, 0) is 16.8 Å². The number of hydrogen-bond acceptors (Lipinski definition) is 6. The molecule has 0 atom stereocenters. The Bertz CT molecular complexity index is 1290. The second kappa shape index (κ2) is 9.75. The van der Waals surface area contributed by atoms with Crippen molar-refractivity contribution in [1.82, 2.24) is 9.88 Å². The number of nitrogens with zero attached hydrogens (tertiary/aromatic N) is 4. The predicted molar refractivity (Wildman–Crippen MR) is 144 cm³/mol. The Morgan fingerprint density at radius 3 is 2.56 bits per heavy atom. The maximum Gasteiger partial charge on any atom is 0.273 e. The number of carbonyl (C=O) groups is 2. The molecular formula is C27H29ClN4O3S. The van der Waals surface area contributed by atoms with Crippen molar-refractivity contribution in [3.8, 4) is 5.75 Å². The average molecular weight is 525 g/mol. The van der Waals surface area contributed by atoms with E-state index in [-0.39, 0.29) is 23.8 Å². The van der Waals surface area contributed by atoms with Crippen LogP contribution in [0.4, 0.5) is 11.4 Å². The standard InChI is InChI=1S/C27H29ClN4O3S/c1-27(2,3)18-8-9-23-22(14-18)32(25(33)16-35-23)15-24-29-20(17-36-24)26(34)31-12-10-30(11-13-31)21-7-5-4-6-19(21)28/h4-9,14,17H,10-13,15-16H2,1-3H3. The molecule has 0 spiro atoms. The number of carbonyl (C=O) groups excluding carboxylic acids is 2. The van der Waals surface area contributed by atoms with Crippen molar-refractivity contribution >= 4 is 46.1 Å². The van der Waals surface area contributed by atoms with Gasteiger partial charge in [-0.15, -0.1) is 11.3 Å². The Balaban J connectivity index is 1.27. The lowest BCUT2D eigenvalue weighted by Crippen LogP contribution is -2.49. The van der Waals surface area contributed by atoms with Gasteiger partial charge in [0.1, 0.15) is 16.5 Å². The molecule has 2 aromatic carbocycles. The zero-order chi connectivity index (χ0) is 25.4. The summed E-state index contributed by atoms with van der Waals surface area (Å²) in [5.74, 6) is 0.485. The van der Waals surface area contributed by atoms with Crippen molar-refractivity contribution in [2.75, 3.05) is 42.6 Å². The van der Waals surface area contributed by atoms with Gasteiger partial charge in [-0.1, -0.05) is 50.6 Å². The van der Waals surface area contributed by atoms with Gasteiger partial charge in [0.2, 0.25) is 0 Å². The summed E-state index contributed by atoms with van der Waals surface area (Å²) in [6.07, 6.45) is 0. The van der Waals surface area contributed by atoms with Crippen molar-refractivity contribution in [1.29, 1.82) is 0 Å². The van der Waals surface area contributed by atoms with Crippen molar-refractivity contribution in [2.45, 2.75) is 32.7 Å². The Morgan fingerprint density at radius 1 is 1.08 bits per heavy atom. The Hall–Kier alpha value is -3.10. The second-order valence-corrected chi connectivity index (χ2v) is 11.4. The summed E-state index contributed by atoms with van der Waals surface area (Å²) in [6, 6.07) is 13.8. The Morgan fingerprint density at radius 2 is 1.83 bits per heavy atom. The smallest absolute Gasteiger partial charge is 0.273 e. The molecule has 7 nitrogen and oxygen atoms in total. The summed E-state index contributed by atoms with van der Waals surface area (Å²) in [6.45, 7) is 9.33. The van der Waals surface area contributed by atoms with Gasteiger partial charge in [-0.3, -0.25) is 14.5 Å². The van der Waals surface area contributed by atoms with Crippen molar-refractivity contribution in [3.63, 3.8) is 0 Å². The number of halogens is 1. The molecule has 0 saturated carbocycles. The third-order valence-electron chi connectivity index (χ3n) is 6.59. The first-order chi connectivity index (χ1) is 17.2. The van der Waals surface area contributed by atoms with Crippen LogP contribution in [0.2, 0.25) is 5.02 Å². The highest BCUT2D eigenvalue weighted by atomic mass is 35.5. The van der Waals surface area contributed by atoms with Crippen LogP contribution in [-0.4, -0.2) is 54.5 Å². The quantitative estimate of drug-likeness (QED) is 0.481. The fraction of sp³-hybridized carbons (Fsp3) is 0.370. The molecule has 0 unspecified atom stereocenters. The largest absolute Gasteiger partial charge is 0.482 e.